The lowest BCUT2D eigenvalue weighted by molar-refractivity contribution is 0.190. The molecule has 0 radical (unpaired) electrons. The summed E-state index contributed by atoms with van der Waals surface area (Å²) in [6.07, 6.45) is -0.943. The minimum Gasteiger partial charge on any atom is -0.390 e. The highest BCUT2D eigenvalue weighted by atomic mass is 35.5. The molecule has 96 valence electrons. The van der Waals surface area contributed by atoms with Crippen molar-refractivity contribution in [3.63, 3.8) is 0 Å². The number of hydrogen-bond acceptors (Lipinski definition) is 5. The van der Waals surface area contributed by atoms with Crippen molar-refractivity contribution < 1.29 is 13.5 Å². The topological polar surface area (TPSA) is 90.2 Å². The van der Waals surface area contributed by atoms with Gasteiger partial charge < -0.3 is 10.4 Å². The number of aliphatic hydroxyl groups excluding tert-OH is 1. The summed E-state index contributed by atoms with van der Waals surface area (Å²) >= 11 is 5.96. The second-order valence-corrected chi connectivity index (χ2v) is 6.76. The number of sulfone groups is 1. The second-order valence-electron chi connectivity index (χ2n) is 4.20. The zero-order valence-corrected chi connectivity index (χ0v) is 10.9. The molecule has 1 heterocycles. The normalized spacial score (nSPS) is 25.6. The standard InChI is InChI=1S/C11H11ClN2O3S/c12-8-3-7(4-13)1-2-9(8)14-10-5-18(16,17)6-11(10)15/h1-3,10-11,14-15H,5-6H2. The first-order chi connectivity index (χ1) is 8.41. The van der Waals surface area contributed by atoms with Crippen molar-refractivity contribution in [1.82, 2.24) is 0 Å². The zero-order chi connectivity index (χ0) is 13.3. The predicted octanol–water partition coefficient (Wildman–Crippen LogP) is 0.781. The SMILES string of the molecule is N#Cc1ccc(NC2CS(=O)(=O)CC2O)c(Cl)c1. The quantitative estimate of drug-likeness (QED) is 0.838. The third-order valence-corrected chi connectivity index (χ3v) is 4.79. The fourth-order valence-electron chi connectivity index (χ4n) is 1.87. The van der Waals surface area contributed by atoms with Crippen LogP contribution in [0.5, 0.6) is 0 Å². The number of aliphatic hydroxyl groups is 1. The fourth-order valence-corrected chi connectivity index (χ4v) is 3.84. The monoisotopic (exact) mass is 286 g/mol. The summed E-state index contributed by atoms with van der Waals surface area (Å²) in [6.45, 7) is 0. The molecule has 0 amide bonds. The fraction of sp³-hybridized carbons (Fsp3) is 0.364. The lowest BCUT2D eigenvalue weighted by atomic mass is 10.1. The number of nitrogens with one attached hydrogen (secondary N) is 1. The van der Waals surface area contributed by atoms with E-state index < -0.39 is 22.0 Å². The highest BCUT2D eigenvalue weighted by Gasteiger charge is 2.36. The van der Waals surface area contributed by atoms with Gasteiger partial charge in [-0.15, -0.1) is 0 Å². The summed E-state index contributed by atoms with van der Waals surface area (Å²) in [5.74, 6) is -0.358. The number of halogens is 1. The largest absolute Gasteiger partial charge is 0.390 e. The van der Waals surface area contributed by atoms with E-state index in [9.17, 15) is 13.5 Å². The molecule has 2 unspecified atom stereocenters. The van der Waals surface area contributed by atoms with Gasteiger partial charge in [-0.05, 0) is 18.2 Å². The van der Waals surface area contributed by atoms with Gasteiger partial charge in [0.15, 0.2) is 9.84 Å². The molecule has 1 fully saturated rings. The Balaban J connectivity index is 2.18. The lowest BCUT2D eigenvalue weighted by Gasteiger charge is -2.17. The molecule has 2 rings (SSSR count). The van der Waals surface area contributed by atoms with Gasteiger partial charge in [-0.1, -0.05) is 11.6 Å². The van der Waals surface area contributed by atoms with E-state index in [2.05, 4.69) is 5.32 Å². The first kappa shape index (κ1) is 13.1. The molecular formula is C11H11ClN2O3S. The first-order valence-corrected chi connectivity index (χ1v) is 7.46. The Bertz CT molecular complexity index is 609. The summed E-state index contributed by atoms with van der Waals surface area (Å²) in [6, 6.07) is 6.04. The van der Waals surface area contributed by atoms with Crippen LogP contribution in [0.4, 0.5) is 5.69 Å². The number of nitrogens with zero attached hydrogens (tertiary/aromatic N) is 1. The van der Waals surface area contributed by atoms with Gasteiger partial charge in [0.05, 0.1) is 46.0 Å². The summed E-state index contributed by atoms with van der Waals surface area (Å²) in [7, 11) is -3.20. The van der Waals surface area contributed by atoms with Crippen LogP contribution in [-0.4, -0.2) is 37.2 Å². The zero-order valence-electron chi connectivity index (χ0n) is 9.30. The van der Waals surface area contributed by atoms with Crippen LogP contribution in [0.1, 0.15) is 5.56 Å². The maximum absolute atomic E-state index is 11.4. The van der Waals surface area contributed by atoms with E-state index in [1.165, 1.54) is 6.07 Å². The molecule has 1 saturated heterocycles. The Morgan fingerprint density at radius 1 is 1.44 bits per heavy atom. The molecule has 1 aromatic carbocycles. The molecule has 1 aliphatic rings. The minimum absolute atomic E-state index is 0.121. The van der Waals surface area contributed by atoms with Gasteiger partial charge in [0.2, 0.25) is 0 Å². The number of anilines is 1. The van der Waals surface area contributed by atoms with Crippen LogP contribution < -0.4 is 5.32 Å². The smallest absolute Gasteiger partial charge is 0.155 e. The van der Waals surface area contributed by atoms with Crippen LogP contribution in [0.3, 0.4) is 0 Å². The molecule has 2 atom stereocenters. The maximum Gasteiger partial charge on any atom is 0.155 e. The Kier molecular flexibility index (Phi) is 3.48. The maximum atomic E-state index is 11.4. The first-order valence-electron chi connectivity index (χ1n) is 5.26. The van der Waals surface area contributed by atoms with Crippen LogP contribution in [-0.2, 0) is 9.84 Å². The summed E-state index contributed by atoms with van der Waals surface area (Å²) in [4.78, 5) is 0. The van der Waals surface area contributed by atoms with Crippen LogP contribution in [0.2, 0.25) is 5.02 Å². The molecule has 0 aliphatic carbocycles. The molecule has 18 heavy (non-hydrogen) atoms. The Morgan fingerprint density at radius 3 is 2.67 bits per heavy atom. The third kappa shape index (κ3) is 2.75. The van der Waals surface area contributed by atoms with Gasteiger partial charge in [-0.2, -0.15) is 5.26 Å². The predicted molar refractivity (Wildman–Crippen MR) is 68.2 cm³/mol. The minimum atomic E-state index is -3.20. The average molecular weight is 287 g/mol. The highest BCUT2D eigenvalue weighted by molar-refractivity contribution is 7.91. The van der Waals surface area contributed by atoms with Gasteiger partial charge in [0.1, 0.15) is 0 Å². The van der Waals surface area contributed by atoms with Gasteiger partial charge in [0, 0.05) is 0 Å². The van der Waals surface area contributed by atoms with Crippen molar-refractivity contribution in [2.45, 2.75) is 12.1 Å². The van der Waals surface area contributed by atoms with Gasteiger partial charge in [-0.3, -0.25) is 0 Å². The van der Waals surface area contributed by atoms with Crippen LogP contribution >= 0.6 is 11.6 Å². The van der Waals surface area contributed by atoms with Crippen molar-refractivity contribution in [1.29, 1.82) is 5.26 Å². The van der Waals surface area contributed by atoms with Gasteiger partial charge in [-0.25, -0.2) is 8.42 Å². The molecule has 0 saturated carbocycles. The number of hydrogen-bond donors (Lipinski definition) is 2. The highest BCUT2D eigenvalue weighted by Crippen LogP contribution is 2.26. The Morgan fingerprint density at radius 2 is 2.17 bits per heavy atom. The number of rotatable bonds is 2. The van der Waals surface area contributed by atoms with E-state index in [1.807, 2.05) is 6.07 Å². The van der Waals surface area contributed by atoms with Crippen LogP contribution in [0.15, 0.2) is 18.2 Å². The van der Waals surface area contributed by atoms with Crippen molar-refractivity contribution >= 4 is 27.1 Å². The molecule has 2 N–H and O–H groups in total. The van der Waals surface area contributed by atoms with E-state index in [4.69, 9.17) is 16.9 Å². The molecular weight excluding hydrogens is 276 g/mol. The van der Waals surface area contributed by atoms with Crippen LogP contribution in [0.25, 0.3) is 0 Å². The second kappa shape index (κ2) is 4.76. The molecule has 0 bridgehead atoms. The molecule has 7 heteroatoms. The van der Waals surface area contributed by atoms with Crippen molar-refractivity contribution in [2.24, 2.45) is 0 Å². The van der Waals surface area contributed by atoms with Crippen molar-refractivity contribution in [3.8, 4) is 6.07 Å². The average Bonchev–Trinajstić information content (AvgIpc) is 2.54. The van der Waals surface area contributed by atoms with Crippen molar-refractivity contribution in [2.75, 3.05) is 16.8 Å². The lowest BCUT2D eigenvalue weighted by Crippen LogP contribution is -2.31. The van der Waals surface area contributed by atoms with E-state index >= 15 is 0 Å². The van der Waals surface area contributed by atoms with E-state index in [0.29, 0.717) is 16.3 Å². The van der Waals surface area contributed by atoms with Crippen molar-refractivity contribution in [3.05, 3.63) is 28.8 Å². The van der Waals surface area contributed by atoms with E-state index in [1.54, 1.807) is 12.1 Å². The van der Waals surface area contributed by atoms with Gasteiger partial charge >= 0.3 is 0 Å². The molecule has 0 spiro atoms. The van der Waals surface area contributed by atoms with Crippen LogP contribution in [0, 0.1) is 11.3 Å². The number of nitriles is 1. The van der Waals surface area contributed by atoms with E-state index in [-0.39, 0.29) is 11.5 Å². The third-order valence-electron chi connectivity index (χ3n) is 2.76. The Hall–Kier alpha value is -1.29. The van der Waals surface area contributed by atoms with E-state index in [0.717, 1.165) is 0 Å². The van der Waals surface area contributed by atoms with Gasteiger partial charge in [0.25, 0.3) is 0 Å². The Labute approximate surface area is 110 Å². The molecule has 1 aromatic rings. The molecule has 1 aliphatic heterocycles. The number of benzene rings is 1. The molecule has 0 aromatic heterocycles. The summed E-state index contributed by atoms with van der Waals surface area (Å²) < 4.78 is 22.7. The summed E-state index contributed by atoms with van der Waals surface area (Å²) in [5, 5.41) is 21.6. The summed E-state index contributed by atoms with van der Waals surface area (Å²) in [5.41, 5.74) is 0.932. The molecule has 5 nitrogen and oxygen atoms in total.